The molecule has 0 spiro atoms. The van der Waals surface area contributed by atoms with Crippen LogP contribution in [0.5, 0.6) is 0 Å². The van der Waals surface area contributed by atoms with Crippen molar-refractivity contribution in [3.63, 3.8) is 0 Å². The molecule has 0 saturated carbocycles. The van der Waals surface area contributed by atoms with E-state index < -0.39 is 6.04 Å². The predicted molar refractivity (Wildman–Crippen MR) is 52.2 cm³/mol. The standard InChI is InChI=1S/C10H14N2O/c1-12-10(13)9(11)7-8-5-3-2-4-6-8/h2-6,9H,7,11H2,1H3,(H,12,13). The number of rotatable bonds is 3. The van der Waals surface area contributed by atoms with Crippen LogP contribution in [0.4, 0.5) is 0 Å². The first-order chi connectivity index (χ1) is 6.24. The van der Waals surface area contributed by atoms with E-state index in [1.165, 1.54) is 0 Å². The molecule has 1 rings (SSSR count). The van der Waals surface area contributed by atoms with Crippen molar-refractivity contribution in [3.8, 4) is 0 Å². The van der Waals surface area contributed by atoms with Crippen molar-refractivity contribution in [2.45, 2.75) is 12.5 Å². The third kappa shape index (κ3) is 2.87. The van der Waals surface area contributed by atoms with Gasteiger partial charge in [0.05, 0.1) is 6.04 Å². The van der Waals surface area contributed by atoms with Crippen molar-refractivity contribution >= 4 is 5.91 Å². The normalized spacial score (nSPS) is 12.2. The molecular formula is C10H14N2O. The molecule has 1 amide bonds. The van der Waals surface area contributed by atoms with Gasteiger partial charge in [-0.25, -0.2) is 0 Å². The number of nitrogens with two attached hydrogens (primary N) is 1. The van der Waals surface area contributed by atoms with Gasteiger partial charge < -0.3 is 11.1 Å². The lowest BCUT2D eigenvalue weighted by molar-refractivity contribution is -0.121. The van der Waals surface area contributed by atoms with E-state index in [1.54, 1.807) is 7.05 Å². The largest absolute Gasteiger partial charge is 0.358 e. The maximum atomic E-state index is 11.1. The molecule has 3 N–H and O–H groups in total. The molecule has 0 aromatic heterocycles. The van der Waals surface area contributed by atoms with E-state index in [0.717, 1.165) is 5.56 Å². The summed E-state index contributed by atoms with van der Waals surface area (Å²) >= 11 is 0. The van der Waals surface area contributed by atoms with Crippen LogP contribution in [-0.2, 0) is 11.2 Å². The molecule has 1 atom stereocenters. The second kappa shape index (κ2) is 4.62. The van der Waals surface area contributed by atoms with Crippen molar-refractivity contribution in [1.29, 1.82) is 0 Å². The highest BCUT2D eigenvalue weighted by molar-refractivity contribution is 5.81. The zero-order valence-corrected chi connectivity index (χ0v) is 7.66. The Morgan fingerprint density at radius 1 is 1.46 bits per heavy atom. The number of amides is 1. The molecule has 0 aliphatic heterocycles. The molecule has 0 aliphatic rings. The number of nitrogens with one attached hydrogen (secondary N) is 1. The van der Waals surface area contributed by atoms with Gasteiger partial charge in [0.15, 0.2) is 0 Å². The van der Waals surface area contributed by atoms with Gasteiger partial charge in [-0.1, -0.05) is 30.3 Å². The Balaban J connectivity index is 2.55. The molecule has 0 fully saturated rings. The van der Waals surface area contributed by atoms with E-state index in [9.17, 15) is 4.79 Å². The first kappa shape index (κ1) is 9.74. The van der Waals surface area contributed by atoms with Crippen molar-refractivity contribution in [2.75, 3.05) is 7.05 Å². The fraction of sp³-hybridized carbons (Fsp3) is 0.300. The highest BCUT2D eigenvalue weighted by atomic mass is 16.2. The van der Waals surface area contributed by atoms with Gasteiger partial charge in [-0.3, -0.25) is 4.79 Å². The van der Waals surface area contributed by atoms with Gasteiger partial charge in [-0.15, -0.1) is 0 Å². The summed E-state index contributed by atoms with van der Waals surface area (Å²) in [6.07, 6.45) is 0.584. The second-order valence-electron chi connectivity index (χ2n) is 2.91. The number of hydrogen-bond acceptors (Lipinski definition) is 2. The minimum Gasteiger partial charge on any atom is -0.358 e. The average molecular weight is 178 g/mol. The number of hydrogen-bond donors (Lipinski definition) is 2. The summed E-state index contributed by atoms with van der Waals surface area (Å²) in [6.45, 7) is 0. The van der Waals surface area contributed by atoms with Gasteiger partial charge >= 0.3 is 0 Å². The zero-order valence-electron chi connectivity index (χ0n) is 7.66. The fourth-order valence-electron chi connectivity index (χ4n) is 1.15. The van der Waals surface area contributed by atoms with Gasteiger partial charge in [0.25, 0.3) is 0 Å². The van der Waals surface area contributed by atoms with Crippen LogP contribution in [0.3, 0.4) is 0 Å². The lowest BCUT2D eigenvalue weighted by atomic mass is 10.1. The van der Waals surface area contributed by atoms with Gasteiger partial charge in [0, 0.05) is 7.05 Å². The molecule has 0 radical (unpaired) electrons. The highest BCUT2D eigenvalue weighted by Crippen LogP contribution is 2.01. The number of carbonyl (C=O) groups excluding carboxylic acids is 1. The lowest BCUT2D eigenvalue weighted by Crippen LogP contribution is -2.40. The van der Waals surface area contributed by atoms with Crippen LogP contribution in [0.2, 0.25) is 0 Å². The van der Waals surface area contributed by atoms with Crippen LogP contribution in [-0.4, -0.2) is 19.0 Å². The van der Waals surface area contributed by atoms with Crippen molar-refractivity contribution in [2.24, 2.45) is 5.73 Å². The van der Waals surface area contributed by atoms with Crippen LogP contribution in [0, 0.1) is 0 Å². The molecule has 1 aromatic rings. The van der Waals surface area contributed by atoms with Gasteiger partial charge in [0.1, 0.15) is 0 Å². The number of likely N-dealkylation sites (N-methyl/N-ethyl adjacent to an activating group) is 1. The smallest absolute Gasteiger partial charge is 0.237 e. The van der Waals surface area contributed by atoms with E-state index >= 15 is 0 Å². The zero-order chi connectivity index (χ0) is 9.68. The third-order valence-corrected chi connectivity index (χ3v) is 1.88. The summed E-state index contributed by atoms with van der Waals surface area (Å²) < 4.78 is 0. The number of benzene rings is 1. The summed E-state index contributed by atoms with van der Waals surface area (Å²) in [5.41, 5.74) is 6.73. The molecule has 0 saturated heterocycles. The van der Waals surface area contributed by atoms with Crippen LogP contribution >= 0.6 is 0 Å². The summed E-state index contributed by atoms with van der Waals surface area (Å²) in [7, 11) is 1.59. The lowest BCUT2D eigenvalue weighted by Gasteiger charge is -2.09. The fourth-order valence-corrected chi connectivity index (χ4v) is 1.15. The van der Waals surface area contributed by atoms with E-state index in [4.69, 9.17) is 5.73 Å². The van der Waals surface area contributed by atoms with Gasteiger partial charge in [0.2, 0.25) is 5.91 Å². The summed E-state index contributed by atoms with van der Waals surface area (Å²) in [5.74, 6) is -0.121. The highest BCUT2D eigenvalue weighted by Gasteiger charge is 2.11. The molecule has 0 bridgehead atoms. The molecule has 3 nitrogen and oxygen atoms in total. The van der Waals surface area contributed by atoms with Crippen LogP contribution in [0.25, 0.3) is 0 Å². The topological polar surface area (TPSA) is 55.1 Å². The maximum absolute atomic E-state index is 11.1. The van der Waals surface area contributed by atoms with Gasteiger partial charge in [-0.05, 0) is 12.0 Å². The van der Waals surface area contributed by atoms with E-state index in [2.05, 4.69) is 5.32 Å². The Morgan fingerprint density at radius 2 is 2.08 bits per heavy atom. The molecule has 1 unspecified atom stereocenters. The third-order valence-electron chi connectivity index (χ3n) is 1.88. The second-order valence-corrected chi connectivity index (χ2v) is 2.91. The van der Waals surface area contributed by atoms with E-state index in [0.29, 0.717) is 6.42 Å². The van der Waals surface area contributed by atoms with Crippen LogP contribution in [0.1, 0.15) is 5.56 Å². The summed E-state index contributed by atoms with van der Waals surface area (Å²) in [5, 5.41) is 2.52. The molecule has 0 aliphatic carbocycles. The van der Waals surface area contributed by atoms with Crippen molar-refractivity contribution in [3.05, 3.63) is 35.9 Å². The van der Waals surface area contributed by atoms with E-state index in [1.807, 2.05) is 30.3 Å². The van der Waals surface area contributed by atoms with Crippen molar-refractivity contribution < 1.29 is 4.79 Å². The molecule has 3 heteroatoms. The molecular weight excluding hydrogens is 164 g/mol. The Morgan fingerprint density at radius 3 is 2.62 bits per heavy atom. The Labute approximate surface area is 77.9 Å². The van der Waals surface area contributed by atoms with E-state index in [-0.39, 0.29) is 5.91 Å². The minimum absolute atomic E-state index is 0.121. The average Bonchev–Trinajstić information content (AvgIpc) is 2.18. The maximum Gasteiger partial charge on any atom is 0.237 e. The monoisotopic (exact) mass is 178 g/mol. The Bertz CT molecular complexity index is 272. The number of carbonyl (C=O) groups is 1. The molecule has 13 heavy (non-hydrogen) atoms. The molecule has 1 aromatic carbocycles. The summed E-state index contributed by atoms with van der Waals surface area (Å²) in [4.78, 5) is 11.1. The summed E-state index contributed by atoms with van der Waals surface area (Å²) in [6, 6.07) is 9.28. The predicted octanol–water partition coefficient (Wildman–Crippen LogP) is 0.302. The first-order valence-corrected chi connectivity index (χ1v) is 4.25. The Hall–Kier alpha value is -1.35. The minimum atomic E-state index is -0.451. The van der Waals surface area contributed by atoms with Crippen LogP contribution < -0.4 is 11.1 Å². The van der Waals surface area contributed by atoms with Gasteiger partial charge in [-0.2, -0.15) is 0 Å². The quantitative estimate of drug-likeness (QED) is 0.699. The Kier molecular flexibility index (Phi) is 3.46. The van der Waals surface area contributed by atoms with Crippen LogP contribution in [0.15, 0.2) is 30.3 Å². The molecule has 70 valence electrons. The first-order valence-electron chi connectivity index (χ1n) is 4.25. The molecule has 0 heterocycles. The SMILES string of the molecule is CNC(=O)C(N)Cc1ccccc1. The van der Waals surface area contributed by atoms with Crippen molar-refractivity contribution in [1.82, 2.24) is 5.32 Å².